The SMILES string of the molecule is CCOC(=O)N1CCN(CCNC(=O)c2c[nH]c(-c3cc(Oc4ccc(CC(=O)Cc5cc(C)ccc5F)c(F)c4)ccn3)c2)CC1. The highest BCUT2D eigenvalue weighted by atomic mass is 19.1. The average Bonchev–Trinajstić information content (AvgIpc) is 3.56. The number of nitrogens with one attached hydrogen (secondary N) is 2. The van der Waals surface area contributed by atoms with Crippen LogP contribution in [0.2, 0.25) is 0 Å². The lowest BCUT2D eigenvalue weighted by Gasteiger charge is -2.33. The van der Waals surface area contributed by atoms with Crippen molar-refractivity contribution >= 4 is 17.8 Å². The Bertz CT molecular complexity index is 1740. The molecule has 47 heavy (non-hydrogen) atoms. The number of ketones is 1. The van der Waals surface area contributed by atoms with Crippen molar-refractivity contribution in [3.05, 3.63) is 101 Å². The Labute approximate surface area is 271 Å². The summed E-state index contributed by atoms with van der Waals surface area (Å²) in [6.45, 7) is 7.65. The molecular weight excluding hydrogens is 608 g/mol. The van der Waals surface area contributed by atoms with Crippen LogP contribution in [0.3, 0.4) is 0 Å². The largest absolute Gasteiger partial charge is 0.457 e. The Morgan fingerprint density at radius 2 is 1.68 bits per heavy atom. The molecule has 3 heterocycles. The van der Waals surface area contributed by atoms with Crippen LogP contribution in [0.15, 0.2) is 67.0 Å². The van der Waals surface area contributed by atoms with E-state index in [0.29, 0.717) is 68.6 Å². The maximum absolute atomic E-state index is 14.9. The first-order chi connectivity index (χ1) is 22.7. The Balaban J connectivity index is 1.11. The van der Waals surface area contributed by atoms with Gasteiger partial charge in [0.05, 0.1) is 23.6 Å². The second kappa shape index (κ2) is 15.5. The molecule has 0 aliphatic carbocycles. The van der Waals surface area contributed by atoms with Gasteiger partial charge in [-0.25, -0.2) is 13.6 Å². The molecule has 12 heteroatoms. The number of carbonyl (C=O) groups is 3. The van der Waals surface area contributed by atoms with Crippen molar-refractivity contribution in [2.24, 2.45) is 0 Å². The molecule has 1 aliphatic rings. The Morgan fingerprint density at radius 3 is 2.45 bits per heavy atom. The van der Waals surface area contributed by atoms with Gasteiger partial charge in [-0.2, -0.15) is 0 Å². The molecule has 246 valence electrons. The maximum Gasteiger partial charge on any atom is 0.409 e. The van der Waals surface area contributed by atoms with Gasteiger partial charge in [0, 0.05) is 76.6 Å². The summed E-state index contributed by atoms with van der Waals surface area (Å²) in [6.07, 6.45) is 2.56. The first kappa shape index (κ1) is 33.3. The number of rotatable bonds is 12. The van der Waals surface area contributed by atoms with Gasteiger partial charge in [-0.05, 0) is 49.2 Å². The zero-order chi connectivity index (χ0) is 33.3. The zero-order valence-electron chi connectivity index (χ0n) is 26.4. The van der Waals surface area contributed by atoms with E-state index >= 15 is 0 Å². The minimum Gasteiger partial charge on any atom is -0.457 e. The predicted octanol–water partition coefficient (Wildman–Crippen LogP) is 5.31. The third-order valence-corrected chi connectivity index (χ3v) is 7.80. The molecule has 0 bridgehead atoms. The second-order valence-corrected chi connectivity index (χ2v) is 11.3. The summed E-state index contributed by atoms with van der Waals surface area (Å²) in [5, 5.41) is 2.92. The molecule has 0 unspecified atom stereocenters. The molecule has 2 amide bonds. The van der Waals surface area contributed by atoms with Crippen LogP contribution in [0.5, 0.6) is 11.5 Å². The van der Waals surface area contributed by atoms with Crippen LogP contribution < -0.4 is 10.1 Å². The number of aryl methyl sites for hydroxylation is 1. The van der Waals surface area contributed by atoms with Crippen LogP contribution in [-0.2, 0) is 22.4 Å². The lowest BCUT2D eigenvalue weighted by molar-refractivity contribution is -0.117. The topological polar surface area (TPSA) is 117 Å². The fraction of sp³-hybridized carbons (Fsp3) is 0.314. The monoisotopic (exact) mass is 645 g/mol. The molecule has 4 aromatic rings. The highest BCUT2D eigenvalue weighted by Crippen LogP contribution is 2.27. The minimum absolute atomic E-state index is 0.121. The number of ether oxygens (including phenoxy) is 2. The Morgan fingerprint density at radius 1 is 0.915 bits per heavy atom. The molecule has 2 aromatic carbocycles. The number of benzene rings is 2. The van der Waals surface area contributed by atoms with Gasteiger partial charge in [-0.3, -0.25) is 19.5 Å². The lowest BCUT2D eigenvalue weighted by atomic mass is 10.0. The normalized spacial score (nSPS) is 13.3. The lowest BCUT2D eigenvalue weighted by Crippen LogP contribution is -2.50. The summed E-state index contributed by atoms with van der Waals surface area (Å²) in [4.78, 5) is 48.5. The molecule has 1 saturated heterocycles. The van der Waals surface area contributed by atoms with Crippen molar-refractivity contribution < 1.29 is 32.6 Å². The zero-order valence-corrected chi connectivity index (χ0v) is 26.4. The van der Waals surface area contributed by atoms with E-state index in [2.05, 4.69) is 20.2 Å². The van der Waals surface area contributed by atoms with E-state index in [1.807, 2.05) is 6.92 Å². The van der Waals surface area contributed by atoms with Crippen LogP contribution in [-0.4, -0.2) is 83.4 Å². The van der Waals surface area contributed by atoms with Gasteiger partial charge in [0.1, 0.15) is 28.9 Å². The van der Waals surface area contributed by atoms with E-state index in [9.17, 15) is 23.2 Å². The van der Waals surface area contributed by atoms with Crippen molar-refractivity contribution in [2.45, 2.75) is 26.7 Å². The summed E-state index contributed by atoms with van der Waals surface area (Å²) in [7, 11) is 0. The highest BCUT2D eigenvalue weighted by molar-refractivity contribution is 5.95. The van der Waals surface area contributed by atoms with Gasteiger partial charge in [0.2, 0.25) is 0 Å². The summed E-state index contributed by atoms with van der Waals surface area (Å²) in [5.41, 5.74) is 2.89. The average molecular weight is 646 g/mol. The quantitative estimate of drug-likeness (QED) is 0.214. The molecule has 0 atom stereocenters. The number of aromatic amines is 1. The van der Waals surface area contributed by atoms with Crippen LogP contribution in [0.1, 0.15) is 34.0 Å². The van der Waals surface area contributed by atoms with Crippen LogP contribution in [0, 0.1) is 18.6 Å². The van der Waals surface area contributed by atoms with Crippen molar-refractivity contribution in [2.75, 3.05) is 45.9 Å². The summed E-state index contributed by atoms with van der Waals surface area (Å²) >= 11 is 0. The van der Waals surface area contributed by atoms with E-state index in [1.54, 1.807) is 60.6 Å². The van der Waals surface area contributed by atoms with E-state index in [0.717, 1.165) is 5.56 Å². The number of piperazine rings is 1. The van der Waals surface area contributed by atoms with Crippen LogP contribution in [0.25, 0.3) is 11.4 Å². The van der Waals surface area contributed by atoms with Crippen molar-refractivity contribution in [3.63, 3.8) is 0 Å². The number of amides is 2. The van der Waals surface area contributed by atoms with Crippen molar-refractivity contribution in [1.29, 1.82) is 0 Å². The fourth-order valence-corrected chi connectivity index (χ4v) is 5.29. The van der Waals surface area contributed by atoms with E-state index in [4.69, 9.17) is 9.47 Å². The Hall–Kier alpha value is -5.10. The molecule has 2 aromatic heterocycles. The minimum atomic E-state index is -0.603. The molecule has 1 aliphatic heterocycles. The van der Waals surface area contributed by atoms with Crippen LogP contribution in [0.4, 0.5) is 13.6 Å². The van der Waals surface area contributed by atoms with Gasteiger partial charge >= 0.3 is 6.09 Å². The molecule has 1 fully saturated rings. The molecule has 5 rings (SSSR count). The standard InChI is InChI=1S/C35H37F2N5O5/c1-3-46-35(45)42-14-12-41(13-15-42)11-10-39-34(44)26-19-32(40-22-26)33-21-29(8-9-38-33)47-28-6-5-24(31(37)20-28)17-27(43)18-25-16-23(2)4-7-30(25)36/h4-9,16,19-22,40H,3,10-15,17-18H2,1-2H3,(H,39,44). The van der Waals surface area contributed by atoms with Crippen molar-refractivity contribution in [3.8, 4) is 22.9 Å². The van der Waals surface area contributed by atoms with Gasteiger partial charge in [0.15, 0.2) is 0 Å². The first-order valence-electron chi connectivity index (χ1n) is 15.5. The van der Waals surface area contributed by atoms with Crippen LogP contribution >= 0.6 is 0 Å². The summed E-state index contributed by atoms with van der Waals surface area (Å²) in [5.74, 6) is -0.965. The molecular formula is C35H37F2N5O5. The van der Waals surface area contributed by atoms with Gasteiger partial charge in [0.25, 0.3) is 5.91 Å². The summed E-state index contributed by atoms with van der Waals surface area (Å²) < 4.78 is 39.9. The number of aromatic nitrogens is 2. The van der Waals surface area contributed by atoms with E-state index in [-0.39, 0.29) is 47.5 Å². The Kier molecular flexibility index (Phi) is 10.9. The van der Waals surface area contributed by atoms with Gasteiger partial charge in [-0.1, -0.05) is 23.8 Å². The summed E-state index contributed by atoms with van der Waals surface area (Å²) in [6, 6.07) is 13.8. The number of Topliss-reactive ketones (excluding diaryl/α,β-unsaturated/α-hetero) is 1. The van der Waals surface area contributed by atoms with E-state index < -0.39 is 11.6 Å². The number of carbonyl (C=O) groups excluding carboxylic acids is 3. The third kappa shape index (κ3) is 9.01. The molecule has 2 N–H and O–H groups in total. The molecule has 10 nitrogen and oxygen atoms in total. The predicted molar refractivity (Wildman–Crippen MR) is 171 cm³/mol. The van der Waals surface area contributed by atoms with Crippen molar-refractivity contribution in [1.82, 2.24) is 25.1 Å². The molecule has 0 saturated carbocycles. The molecule has 0 spiro atoms. The number of nitrogens with zero attached hydrogens (tertiary/aromatic N) is 3. The first-order valence-corrected chi connectivity index (χ1v) is 15.5. The maximum atomic E-state index is 14.9. The van der Waals surface area contributed by atoms with E-state index in [1.165, 1.54) is 18.2 Å². The highest BCUT2D eigenvalue weighted by Gasteiger charge is 2.22. The number of H-pyrrole nitrogens is 1. The number of hydrogen-bond donors (Lipinski definition) is 2. The van der Waals surface area contributed by atoms with Gasteiger partial charge in [-0.15, -0.1) is 0 Å². The molecule has 0 radical (unpaired) electrons. The third-order valence-electron chi connectivity index (χ3n) is 7.80. The fourth-order valence-electron chi connectivity index (χ4n) is 5.29. The number of halogens is 2. The number of pyridine rings is 1. The number of hydrogen-bond acceptors (Lipinski definition) is 7. The smallest absolute Gasteiger partial charge is 0.409 e. The van der Waals surface area contributed by atoms with Gasteiger partial charge < -0.3 is 24.7 Å². The second-order valence-electron chi connectivity index (χ2n) is 11.3.